The van der Waals surface area contributed by atoms with Crippen molar-refractivity contribution in [3.63, 3.8) is 0 Å². The fourth-order valence-corrected chi connectivity index (χ4v) is 2.20. The van der Waals surface area contributed by atoms with Crippen LogP contribution in [0.3, 0.4) is 0 Å². The molecule has 0 aliphatic heterocycles. The summed E-state index contributed by atoms with van der Waals surface area (Å²) in [5, 5.41) is 0. The molecule has 0 N–H and O–H groups in total. The lowest BCUT2D eigenvalue weighted by molar-refractivity contribution is 0.252. The third-order valence-electron chi connectivity index (χ3n) is 3.83. The highest BCUT2D eigenvalue weighted by Crippen LogP contribution is 2.13. The zero-order chi connectivity index (χ0) is 15.7. The molecular formula is C18H31N3. The largest absolute Gasteiger partial charge is 0.378 e. The van der Waals surface area contributed by atoms with Crippen molar-refractivity contribution >= 4 is 11.8 Å². The molecule has 0 radical (unpaired) electrons. The maximum Gasteiger partial charge on any atom is 0.0361 e. The van der Waals surface area contributed by atoms with Crippen LogP contribution in [0.15, 0.2) is 30.3 Å². The lowest BCUT2D eigenvalue weighted by atomic mass is 10.2. The molecule has 0 aliphatic rings. The van der Waals surface area contributed by atoms with Gasteiger partial charge in [0.25, 0.3) is 0 Å². The predicted octanol–water partition coefficient (Wildman–Crippen LogP) is 3.04. The van der Waals surface area contributed by atoms with E-state index in [0.29, 0.717) is 0 Å². The monoisotopic (exact) mass is 289 g/mol. The van der Waals surface area contributed by atoms with Gasteiger partial charge in [-0.1, -0.05) is 38.1 Å². The van der Waals surface area contributed by atoms with Gasteiger partial charge in [0.1, 0.15) is 0 Å². The number of nitrogens with zero attached hydrogens (tertiary/aromatic N) is 3. The Kier molecular flexibility index (Phi) is 8.09. The summed E-state index contributed by atoms with van der Waals surface area (Å²) in [7, 11) is 6.31. The van der Waals surface area contributed by atoms with Gasteiger partial charge in [-0.3, -0.25) is 0 Å². The molecule has 1 aromatic carbocycles. The third kappa shape index (κ3) is 6.78. The van der Waals surface area contributed by atoms with Gasteiger partial charge in [0.05, 0.1) is 0 Å². The van der Waals surface area contributed by atoms with Crippen molar-refractivity contribution < 1.29 is 0 Å². The summed E-state index contributed by atoms with van der Waals surface area (Å²) < 4.78 is 0. The predicted molar refractivity (Wildman–Crippen MR) is 95.1 cm³/mol. The first-order valence-corrected chi connectivity index (χ1v) is 7.91. The SMILES string of the molecule is CCN(CC)CCN(C)CC=Cc1ccc(N(C)C)cc1. The average molecular weight is 289 g/mol. The smallest absolute Gasteiger partial charge is 0.0361 e. The van der Waals surface area contributed by atoms with E-state index in [1.165, 1.54) is 11.3 Å². The van der Waals surface area contributed by atoms with Crippen LogP contribution in [0.4, 0.5) is 5.69 Å². The second-order valence-corrected chi connectivity index (χ2v) is 5.68. The maximum absolute atomic E-state index is 2.46. The summed E-state index contributed by atoms with van der Waals surface area (Å²) in [6.07, 6.45) is 4.44. The molecule has 0 aromatic heterocycles. The van der Waals surface area contributed by atoms with Gasteiger partial charge in [0.15, 0.2) is 0 Å². The molecule has 0 unspecified atom stereocenters. The fourth-order valence-electron chi connectivity index (χ4n) is 2.20. The number of hydrogen-bond donors (Lipinski definition) is 0. The minimum Gasteiger partial charge on any atom is -0.378 e. The van der Waals surface area contributed by atoms with Crippen molar-refractivity contribution in [2.75, 3.05) is 58.8 Å². The van der Waals surface area contributed by atoms with Crippen molar-refractivity contribution in [2.45, 2.75) is 13.8 Å². The molecule has 0 aliphatic carbocycles. The van der Waals surface area contributed by atoms with E-state index < -0.39 is 0 Å². The van der Waals surface area contributed by atoms with Gasteiger partial charge in [-0.15, -0.1) is 0 Å². The number of rotatable bonds is 9. The van der Waals surface area contributed by atoms with Crippen LogP contribution in [-0.2, 0) is 0 Å². The Morgan fingerprint density at radius 3 is 2.05 bits per heavy atom. The van der Waals surface area contributed by atoms with E-state index in [1.807, 2.05) is 0 Å². The molecule has 3 nitrogen and oxygen atoms in total. The molecule has 0 amide bonds. The standard InChI is InChI=1S/C18H31N3/c1-6-21(7-2)16-15-20(5)14-8-9-17-10-12-18(13-11-17)19(3)4/h8-13H,6-7,14-16H2,1-5H3. The maximum atomic E-state index is 2.46. The van der Waals surface area contributed by atoms with Gasteiger partial charge in [0, 0.05) is 39.4 Å². The highest BCUT2D eigenvalue weighted by atomic mass is 15.2. The number of hydrogen-bond acceptors (Lipinski definition) is 3. The molecule has 0 saturated carbocycles. The van der Waals surface area contributed by atoms with E-state index in [0.717, 1.165) is 32.7 Å². The van der Waals surface area contributed by atoms with Crippen LogP contribution in [0.5, 0.6) is 0 Å². The van der Waals surface area contributed by atoms with Gasteiger partial charge in [0.2, 0.25) is 0 Å². The van der Waals surface area contributed by atoms with Crippen LogP contribution in [0.1, 0.15) is 19.4 Å². The Hall–Kier alpha value is -1.32. The fraction of sp³-hybridized carbons (Fsp3) is 0.556. The van der Waals surface area contributed by atoms with Crippen LogP contribution in [0.25, 0.3) is 6.08 Å². The second kappa shape index (κ2) is 9.59. The van der Waals surface area contributed by atoms with Crippen LogP contribution >= 0.6 is 0 Å². The molecular weight excluding hydrogens is 258 g/mol. The van der Waals surface area contributed by atoms with Crippen LogP contribution < -0.4 is 4.90 Å². The second-order valence-electron chi connectivity index (χ2n) is 5.68. The third-order valence-corrected chi connectivity index (χ3v) is 3.83. The molecule has 0 fully saturated rings. The van der Waals surface area contributed by atoms with Gasteiger partial charge >= 0.3 is 0 Å². The van der Waals surface area contributed by atoms with E-state index in [2.05, 4.69) is 86.1 Å². The molecule has 0 bridgehead atoms. The quantitative estimate of drug-likeness (QED) is 0.692. The Morgan fingerprint density at radius 2 is 1.52 bits per heavy atom. The number of anilines is 1. The molecule has 0 saturated heterocycles. The zero-order valence-electron chi connectivity index (χ0n) is 14.3. The number of likely N-dealkylation sites (N-methyl/N-ethyl adjacent to an activating group) is 2. The minimum atomic E-state index is 0.997. The summed E-state index contributed by atoms with van der Waals surface area (Å²) in [4.78, 5) is 6.94. The van der Waals surface area contributed by atoms with Crippen LogP contribution in [-0.4, -0.2) is 63.7 Å². The first-order valence-electron chi connectivity index (χ1n) is 7.91. The lowest BCUT2D eigenvalue weighted by Gasteiger charge is -2.22. The van der Waals surface area contributed by atoms with E-state index in [4.69, 9.17) is 0 Å². The molecule has 0 heterocycles. The van der Waals surface area contributed by atoms with E-state index in [1.54, 1.807) is 0 Å². The van der Waals surface area contributed by atoms with Gasteiger partial charge in [-0.05, 0) is 37.8 Å². The number of benzene rings is 1. The van der Waals surface area contributed by atoms with Gasteiger partial charge < -0.3 is 14.7 Å². The van der Waals surface area contributed by atoms with Gasteiger partial charge in [-0.2, -0.15) is 0 Å². The van der Waals surface area contributed by atoms with Crippen molar-refractivity contribution in [3.8, 4) is 0 Å². The summed E-state index contributed by atoms with van der Waals surface area (Å²) in [6.45, 7) is 9.98. The van der Waals surface area contributed by atoms with E-state index >= 15 is 0 Å². The first-order chi connectivity index (χ1) is 10.1. The molecule has 0 atom stereocenters. The Bertz CT molecular complexity index is 405. The summed E-state index contributed by atoms with van der Waals surface area (Å²) in [6, 6.07) is 8.65. The minimum absolute atomic E-state index is 0.997. The van der Waals surface area contributed by atoms with E-state index in [9.17, 15) is 0 Å². The first kappa shape index (κ1) is 17.7. The molecule has 3 heteroatoms. The van der Waals surface area contributed by atoms with Crippen molar-refractivity contribution in [2.24, 2.45) is 0 Å². The Morgan fingerprint density at radius 1 is 0.905 bits per heavy atom. The lowest BCUT2D eigenvalue weighted by Crippen LogP contribution is -2.33. The van der Waals surface area contributed by atoms with Gasteiger partial charge in [-0.25, -0.2) is 0 Å². The summed E-state index contributed by atoms with van der Waals surface area (Å²) >= 11 is 0. The molecule has 1 aromatic rings. The van der Waals surface area contributed by atoms with Crippen LogP contribution in [0, 0.1) is 0 Å². The van der Waals surface area contributed by atoms with Crippen molar-refractivity contribution in [1.82, 2.24) is 9.80 Å². The highest BCUT2D eigenvalue weighted by Gasteiger charge is 2.01. The summed E-state index contributed by atoms with van der Waals surface area (Å²) in [5.41, 5.74) is 2.50. The Labute approximate surface area is 130 Å². The molecule has 21 heavy (non-hydrogen) atoms. The van der Waals surface area contributed by atoms with Crippen molar-refractivity contribution in [1.29, 1.82) is 0 Å². The van der Waals surface area contributed by atoms with E-state index in [-0.39, 0.29) is 0 Å². The van der Waals surface area contributed by atoms with Crippen molar-refractivity contribution in [3.05, 3.63) is 35.9 Å². The normalized spacial score (nSPS) is 11.8. The van der Waals surface area contributed by atoms with Crippen LogP contribution in [0.2, 0.25) is 0 Å². The summed E-state index contributed by atoms with van der Waals surface area (Å²) in [5.74, 6) is 0. The molecule has 0 spiro atoms. The molecule has 1 rings (SSSR count). The highest BCUT2D eigenvalue weighted by molar-refractivity contribution is 5.55. The Balaban J connectivity index is 2.36. The zero-order valence-corrected chi connectivity index (χ0v) is 14.3. The molecule has 118 valence electrons. The topological polar surface area (TPSA) is 9.72 Å². The average Bonchev–Trinajstić information content (AvgIpc) is 2.49.